The Morgan fingerprint density at radius 2 is 1.43 bits per heavy atom. The van der Waals surface area contributed by atoms with Crippen LogP contribution in [0.1, 0.15) is 2.85 Å². The zero-order valence-electron chi connectivity index (χ0n) is 5.59. The summed E-state index contributed by atoms with van der Waals surface area (Å²) in [4.78, 5) is 8.56. The summed E-state index contributed by atoms with van der Waals surface area (Å²) in [5.41, 5.74) is 0. The van der Waals surface area contributed by atoms with Crippen molar-refractivity contribution in [1.82, 2.24) is 0 Å². The molecule has 6 heteroatoms. The van der Waals surface area contributed by atoms with Gasteiger partial charge >= 0.3 is 29.2 Å². The van der Waals surface area contributed by atoms with E-state index in [0.29, 0.717) is 0 Å². The number of hydrogen-bond donors (Lipinski definition) is 2. The van der Waals surface area contributed by atoms with Gasteiger partial charge in [-0.2, -0.15) is 0 Å². The number of hydrogen-bond acceptors (Lipinski definition) is 1. The molecule has 0 saturated carbocycles. The maximum absolute atomic E-state index is 8.56. The normalized spacial score (nSPS) is 3.43. The summed E-state index contributed by atoms with van der Waals surface area (Å²) in [7, 11) is 0. The number of carbonyl (C=O) groups is 1. The van der Waals surface area contributed by atoms with Crippen molar-refractivity contribution < 1.29 is 54.4 Å². The molecule has 0 heterocycles. The zero-order chi connectivity index (χ0) is 3.58. The third kappa shape index (κ3) is 139. The van der Waals surface area contributed by atoms with Crippen molar-refractivity contribution in [3.05, 3.63) is 0 Å². The van der Waals surface area contributed by atoms with Gasteiger partial charge in [-0.3, -0.25) is 0 Å². The molecule has 2 N–H and O–H groups in total. The van der Waals surface area contributed by atoms with E-state index in [4.69, 9.17) is 15.0 Å². The van der Waals surface area contributed by atoms with Crippen LogP contribution in [0, 0.1) is 0 Å². The maximum atomic E-state index is 8.56. The molecule has 0 aromatic carbocycles. The van der Waals surface area contributed by atoms with Gasteiger partial charge in [0.1, 0.15) is 0 Å². The molecule has 1 radical (unpaired) electrons. The molecular weight excluding hydrogens is 205 g/mol. The van der Waals surface area contributed by atoms with E-state index in [0.717, 1.165) is 0 Å². The molecule has 0 unspecified atom stereocenters. The molecule has 0 amide bonds. The Kier molecular flexibility index (Phi) is 54.1. The van der Waals surface area contributed by atoms with E-state index in [1.807, 2.05) is 0 Å². The molecule has 0 atom stereocenters. The quantitative estimate of drug-likeness (QED) is 0.554. The molecule has 0 aliphatic heterocycles. The van der Waals surface area contributed by atoms with Gasteiger partial charge < -0.3 is 13.1 Å². The largest absolute Gasteiger partial charge is 2.00 e. The van der Waals surface area contributed by atoms with Crippen molar-refractivity contribution in [1.29, 1.82) is 0 Å². The minimum absolute atomic E-state index is 0. The summed E-state index contributed by atoms with van der Waals surface area (Å²) < 4.78 is 0. The van der Waals surface area contributed by atoms with Crippen molar-refractivity contribution >= 4 is 29.2 Å². The smallest absolute Gasteiger partial charge is 1.00 e. The van der Waals surface area contributed by atoms with Crippen LogP contribution in [0.2, 0.25) is 0 Å². The maximum Gasteiger partial charge on any atom is 2.00 e. The molecule has 0 fully saturated rings. The van der Waals surface area contributed by atoms with Gasteiger partial charge in [-0.15, -0.1) is 0 Å². The van der Waals surface area contributed by atoms with Crippen LogP contribution in [0.3, 0.4) is 0 Å². The first-order valence-corrected chi connectivity index (χ1v) is 0.651. The van der Waals surface area contributed by atoms with Gasteiger partial charge in [0, 0.05) is 36.5 Å². The monoisotopic (exact) mass is 207 g/mol. The molecule has 0 aromatic heterocycles. The van der Waals surface area contributed by atoms with Crippen molar-refractivity contribution in [2.75, 3.05) is 0 Å². The van der Waals surface area contributed by atoms with Crippen LogP contribution < -0.4 is 0 Å². The van der Waals surface area contributed by atoms with Crippen LogP contribution in [0.4, 0.5) is 4.79 Å². The van der Waals surface area contributed by atoms with Crippen LogP contribution in [-0.2, 0) is 36.5 Å². The third-order valence-electron chi connectivity index (χ3n) is 0. The van der Waals surface area contributed by atoms with E-state index in [9.17, 15) is 0 Å². The van der Waals surface area contributed by atoms with Crippen LogP contribution in [-0.4, -0.2) is 39.4 Å². The van der Waals surface area contributed by atoms with E-state index in [2.05, 4.69) is 0 Å². The second-order valence-electron chi connectivity index (χ2n) is 0.283. The summed E-state index contributed by atoms with van der Waals surface area (Å²) in [5, 5.41) is 13.9. The molecule has 3 nitrogen and oxygen atoms in total. The van der Waals surface area contributed by atoms with Crippen LogP contribution in [0.25, 0.3) is 0 Å². The Morgan fingerprint density at radius 3 is 1.43 bits per heavy atom. The Balaban J connectivity index is -0.00000000450. The van der Waals surface area contributed by atoms with Crippen LogP contribution in [0.5, 0.6) is 0 Å². The van der Waals surface area contributed by atoms with Gasteiger partial charge in [0.25, 0.3) is 0 Å². The molecule has 7 heavy (non-hydrogen) atoms. The van der Waals surface area contributed by atoms with Crippen LogP contribution in [0.15, 0.2) is 0 Å². The standard InChI is InChI=1S/CH2O3.Mg.Mn.Zn.2H/c2-1(3)4;;;;;/h(H2,2,3,4);;;;;/q;+2;;;2*-1. The van der Waals surface area contributed by atoms with Crippen LogP contribution >= 0.6 is 0 Å². The zero-order valence-corrected chi connectivity index (χ0v) is 9.16. The first kappa shape index (κ1) is 24.1. The first-order valence-electron chi connectivity index (χ1n) is 0.651. The van der Waals surface area contributed by atoms with Gasteiger partial charge in [0.15, 0.2) is 0 Å². The summed E-state index contributed by atoms with van der Waals surface area (Å²) in [5.74, 6) is 0. The first-order chi connectivity index (χ1) is 1.73. The van der Waals surface area contributed by atoms with E-state index in [1.165, 1.54) is 0 Å². The molecule has 0 bridgehead atoms. The minimum Gasteiger partial charge on any atom is -1.00 e. The van der Waals surface area contributed by atoms with Gasteiger partial charge in [-0.1, -0.05) is 0 Å². The average Bonchev–Trinajstić information content (AvgIpc) is 0.811. The topological polar surface area (TPSA) is 57.5 Å². The molecule has 0 spiro atoms. The van der Waals surface area contributed by atoms with E-state index in [1.54, 1.807) is 0 Å². The second-order valence-corrected chi connectivity index (χ2v) is 0.283. The second kappa shape index (κ2) is 15.7. The summed E-state index contributed by atoms with van der Waals surface area (Å²) in [6.07, 6.45) is -1.83. The fourth-order valence-corrected chi connectivity index (χ4v) is 0. The Labute approximate surface area is 83.2 Å². The van der Waals surface area contributed by atoms with Crippen molar-refractivity contribution in [3.63, 3.8) is 0 Å². The molecule has 0 aliphatic carbocycles. The molecule has 0 saturated heterocycles. The predicted octanol–water partition coefficient (Wildman–Crippen LogP) is 0.0616. The molecule has 0 rings (SSSR count). The Hall–Kier alpha value is 1.18. The third-order valence-corrected chi connectivity index (χ3v) is 0. The van der Waals surface area contributed by atoms with Gasteiger partial charge in [-0.05, 0) is 0 Å². The van der Waals surface area contributed by atoms with Crippen molar-refractivity contribution in [2.45, 2.75) is 0 Å². The van der Waals surface area contributed by atoms with Crippen molar-refractivity contribution in [3.8, 4) is 0 Å². The van der Waals surface area contributed by atoms with E-state index < -0.39 is 6.16 Å². The van der Waals surface area contributed by atoms with Crippen molar-refractivity contribution in [2.24, 2.45) is 0 Å². The summed E-state index contributed by atoms with van der Waals surface area (Å²) in [6, 6.07) is 0. The number of rotatable bonds is 0. The SMILES string of the molecule is O=C(O)O.[H-].[H-].[Mg+2].[Mn].[Zn]. The fraction of sp³-hybridized carbons (Fsp3) is 0. The fourth-order valence-electron chi connectivity index (χ4n) is 0. The molecular formula is CH4MgMnO3Zn. The Bertz CT molecular complexity index is 44.8. The Morgan fingerprint density at radius 1 is 1.43 bits per heavy atom. The van der Waals surface area contributed by atoms with Gasteiger partial charge in [0.2, 0.25) is 0 Å². The molecule has 0 aliphatic rings. The molecule has 0 aromatic rings. The molecule has 37 valence electrons. The average molecular weight is 209 g/mol. The predicted molar refractivity (Wildman–Crippen MR) is 18.6 cm³/mol. The van der Waals surface area contributed by atoms with Gasteiger partial charge in [-0.25, -0.2) is 4.79 Å². The number of carboxylic acid groups (broad SMARTS) is 2. The van der Waals surface area contributed by atoms with E-state index in [-0.39, 0.29) is 62.5 Å². The summed E-state index contributed by atoms with van der Waals surface area (Å²) in [6.45, 7) is 0. The van der Waals surface area contributed by atoms with Gasteiger partial charge in [0.05, 0.1) is 0 Å². The minimum atomic E-state index is -1.83. The summed E-state index contributed by atoms with van der Waals surface area (Å²) >= 11 is 0. The van der Waals surface area contributed by atoms with E-state index >= 15 is 0 Å².